The Kier molecular flexibility index (Phi) is 5.80. The number of hydrogen-bond acceptors (Lipinski definition) is 7. The van der Waals surface area contributed by atoms with Crippen LogP contribution in [0.4, 0.5) is 18.3 Å². The number of rotatable bonds is 5. The molecule has 2 heterocycles. The minimum atomic E-state index is -5.07. The molecule has 6 nitrogen and oxygen atoms in total. The van der Waals surface area contributed by atoms with Gasteiger partial charge in [0.1, 0.15) is 10.6 Å². The average molecular weight is 440 g/mol. The predicted octanol–water partition coefficient (Wildman–Crippen LogP) is 4.66. The molecule has 3 rings (SSSR count). The summed E-state index contributed by atoms with van der Waals surface area (Å²) in [6.45, 7) is 0. The third kappa shape index (κ3) is 4.51. The average Bonchev–Trinajstić information content (AvgIpc) is 3.35. The van der Waals surface area contributed by atoms with Crippen molar-refractivity contribution in [2.24, 2.45) is 0 Å². The number of aromatic nitrogens is 1. The van der Waals surface area contributed by atoms with Crippen molar-refractivity contribution in [3.8, 4) is 10.6 Å². The van der Waals surface area contributed by atoms with Gasteiger partial charge >= 0.3 is 12.1 Å². The van der Waals surface area contributed by atoms with E-state index in [1.165, 1.54) is 37.4 Å². The fourth-order valence-corrected chi connectivity index (χ4v) is 4.00. The van der Waals surface area contributed by atoms with Crippen molar-refractivity contribution >= 4 is 45.5 Å². The van der Waals surface area contributed by atoms with Gasteiger partial charge in [0.15, 0.2) is 5.13 Å². The monoisotopic (exact) mass is 440 g/mol. The minimum absolute atomic E-state index is 0.135. The molecule has 0 aliphatic carbocycles. The largest absolute Gasteiger partial charge is 0.465 e. The summed E-state index contributed by atoms with van der Waals surface area (Å²) in [5.74, 6) is -3.26. The predicted molar refractivity (Wildman–Crippen MR) is 102 cm³/mol. The topological polar surface area (TPSA) is 85.4 Å². The van der Waals surface area contributed by atoms with Gasteiger partial charge in [0.25, 0.3) is 11.7 Å². The summed E-state index contributed by atoms with van der Waals surface area (Å²) < 4.78 is 43.4. The van der Waals surface area contributed by atoms with E-state index < -0.39 is 28.7 Å². The van der Waals surface area contributed by atoms with Crippen molar-refractivity contribution in [1.29, 1.82) is 0 Å². The number of ether oxygens (including phenoxy) is 1. The number of carbonyl (C=O) groups is 3. The first-order valence-corrected chi connectivity index (χ1v) is 9.56. The number of ketones is 1. The number of alkyl halides is 3. The van der Waals surface area contributed by atoms with Crippen LogP contribution < -0.4 is 5.32 Å². The normalized spacial score (nSPS) is 11.2. The highest BCUT2D eigenvalue weighted by atomic mass is 32.1. The Bertz CT molecular complexity index is 1060. The summed E-state index contributed by atoms with van der Waals surface area (Å²) in [6.07, 6.45) is -5.07. The lowest BCUT2D eigenvalue weighted by atomic mass is 10.1. The number of anilines is 1. The molecular formula is C18H11F3N2O4S2. The van der Waals surface area contributed by atoms with Crippen molar-refractivity contribution < 1.29 is 32.3 Å². The minimum Gasteiger partial charge on any atom is -0.465 e. The van der Waals surface area contributed by atoms with Crippen LogP contribution in [0, 0.1) is 0 Å². The Morgan fingerprint density at radius 1 is 1.07 bits per heavy atom. The van der Waals surface area contributed by atoms with Crippen molar-refractivity contribution in [1.82, 2.24) is 4.98 Å². The smallest absolute Gasteiger partial charge is 0.455 e. The van der Waals surface area contributed by atoms with E-state index in [4.69, 9.17) is 0 Å². The molecule has 0 spiro atoms. The molecule has 0 atom stereocenters. The number of hydrogen-bond donors (Lipinski definition) is 1. The van der Waals surface area contributed by atoms with E-state index in [1.807, 2.05) is 0 Å². The maximum absolute atomic E-state index is 12.9. The lowest BCUT2D eigenvalue weighted by Gasteiger charge is -2.03. The van der Waals surface area contributed by atoms with Crippen LogP contribution in [-0.4, -0.2) is 35.9 Å². The van der Waals surface area contributed by atoms with E-state index >= 15 is 0 Å². The SMILES string of the molecule is COC(=O)c1ccc(C(=O)Nc2nc(-c3cccs3)c(C(=O)C(F)(F)F)s2)cc1. The summed E-state index contributed by atoms with van der Waals surface area (Å²) >= 11 is 1.57. The van der Waals surface area contributed by atoms with Crippen molar-refractivity contribution in [2.45, 2.75) is 6.18 Å². The molecule has 0 aliphatic rings. The zero-order valence-electron chi connectivity index (χ0n) is 14.6. The Morgan fingerprint density at radius 3 is 2.28 bits per heavy atom. The number of carbonyl (C=O) groups excluding carboxylic acids is 3. The zero-order chi connectivity index (χ0) is 21.2. The first-order valence-electron chi connectivity index (χ1n) is 7.86. The van der Waals surface area contributed by atoms with Gasteiger partial charge in [0.05, 0.1) is 17.6 Å². The third-order valence-corrected chi connectivity index (χ3v) is 5.48. The highest BCUT2D eigenvalue weighted by Gasteiger charge is 2.42. The van der Waals surface area contributed by atoms with Crippen LogP contribution in [0.1, 0.15) is 30.4 Å². The molecule has 1 aromatic carbocycles. The quantitative estimate of drug-likeness (QED) is 0.461. The number of esters is 1. The molecule has 0 unspecified atom stereocenters. The highest BCUT2D eigenvalue weighted by molar-refractivity contribution is 7.19. The first-order chi connectivity index (χ1) is 13.7. The summed E-state index contributed by atoms with van der Waals surface area (Å²) in [5.41, 5.74) is 0.245. The zero-order valence-corrected chi connectivity index (χ0v) is 16.2. The number of thiophene rings is 1. The summed E-state index contributed by atoms with van der Waals surface area (Å²) in [5, 5.41) is 3.87. The third-order valence-electron chi connectivity index (χ3n) is 3.63. The maximum atomic E-state index is 12.9. The number of benzene rings is 1. The number of amides is 1. The fraction of sp³-hybridized carbons (Fsp3) is 0.111. The highest BCUT2D eigenvalue weighted by Crippen LogP contribution is 2.37. The maximum Gasteiger partial charge on any atom is 0.455 e. The number of nitrogens with zero attached hydrogens (tertiary/aromatic N) is 1. The van der Waals surface area contributed by atoms with Crippen LogP contribution in [0.15, 0.2) is 41.8 Å². The van der Waals surface area contributed by atoms with Crippen LogP contribution in [0.3, 0.4) is 0 Å². The molecule has 0 fully saturated rings. The van der Waals surface area contributed by atoms with E-state index in [1.54, 1.807) is 11.4 Å². The summed E-state index contributed by atoms with van der Waals surface area (Å²) in [7, 11) is 1.22. The summed E-state index contributed by atoms with van der Waals surface area (Å²) in [4.78, 5) is 39.4. The van der Waals surface area contributed by atoms with E-state index in [-0.39, 0.29) is 22.0 Å². The van der Waals surface area contributed by atoms with Crippen molar-refractivity contribution in [2.75, 3.05) is 12.4 Å². The van der Waals surface area contributed by atoms with E-state index in [0.717, 1.165) is 11.3 Å². The molecule has 2 aromatic heterocycles. The molecule has 0 bridgehead atoms. The summed E-state index contributed by atoms with van der Waals surface area (Å²) in [6, 6.07) is 8.61. The van der Waals surface area contributed by atoms with Crippen LogP contribution >= 0.6 is 22.7 Å². The molecular weight excluding hydrogens is 429 g/mol. The van der Waals surface area contributed by atoms with Crippen LogP contribution in [-0.2, 0) is 4.74 Å². The lowest BCUT2D eigenvalue weighted by Crippen LogP contribution is -2.22. The van der Waals surface area contributed by atoms with Gasteiger partial charge in [0.2, 0.25) is 0 Å². The number of halogens is 3. The van der Waals surface area contributed by atoms with Gasteiger partial charge in [-0.05, 0) is 35.7 Å². The molecule has 0 saturated heterocycles. The van der Waals surface area contributed by atoms with Crippen molar-refractivity contribution in [3.05, 3.63) is 57.8 Å². The van der Waals surface area contributed by atoms with Crippen LogP contribution in [0.25, 0.3) is 10.6 Å². The Hall–Kier alpha value is -3.05. The first kappa shape index (κ1) is 20.7. The molecule has 0 radical (unpaired) electrons. The van der Waals surface area contributed by atoms with Gasteiger partial charge in [-0.3, -0.25) is 14.9 Å². The second-order valence-corrected chi connectivity index (χ2v) is 7.47. The fourth-order valence-electron chi connectivity index (χ4n) is 2.28. The van der Waals surface area contributed by atoms with Crippen molar-refractivity contribution in [3.63, 3.8) is 0 Å². The number of nitrogens with one attached hydrogen (secondary N) is 1. The number of Topliss-reactive ketones (excluding diaryl/α,β-unsaturated/α-hetero) is 1. The second kappa shape index (κ2) is 8.13. The molecule has 29 heavy (non-hydrogen) atoms. The van der Waals surface area contributed by atoms with Gasteiger partial charge < -0.3 is 4.74 Å². The molecule has 0 aliphatic heterocycles. The van der Waals surface area contributed by atoms with E-state index in [0.29, 0.717) is 16.2 Å². The molecule has 1 amide bonds. The van der Waals surface area contributed by atoms with Gasteiger partial charge in [-0.1, -0.05) is 17.4 Å². The molecule has 3 aromatic rings. The Balaban J connectivity index is 1.88. The van der Waals surface area contributed by atoms with Gasteiger partial charge in [-0.25, -0.2) is 9.78 Å². The molecule has 1 N–H and O–H groups in total. The molecule has 11 heteroatoms. The van der Waals surface area contributed by atoms with Crippen LogP contribution in [0.2, 0.25) is 0 Å². The second-order valence-electron chi connectivity index (χ2n) is 5.52. The van der Waals surface area contributed by atoms with Gasteiger partial charge in [0, 0.05) is 5.56 Å². The Labute approximate surface area is 170 Å². The lowest BCUT2D eigenvalue weighted by molar-refractivity contribution is -0.0882. The number of thiazole rings is 1. The Morgan fingerprint density at radius 2 is 1.72 bits per heavy atom. The van der Waals surface area contributed by atoms with Gasteiger partial charge in [-0.2, -0.15) is 13.2 Å². The van der Waals surface area contributed by atoms with Crippen LogP contribution in [0.5, 0.6) is 0 Å². The molecule has 150 valence electrons. The van der Waals surface area contributed by atoms with E-state index in [9.17, 15) is 27.6 Å². The number of methoxy groups -OCH3 is 1. The van der Waals surface area contributed by atoms with Gasteiger partial charge in [-0.15, -0.1) is 11.3 Å². The standard InChI is InChI=1S/C18H11F3N2O4S2/c1-27-16(26)10-6-4-9(5-7-10)15(25)23-17-22-12(11-3-2-8-28-11)13(29-17)14(24)18(19,20)21/h2-8H,1H3,(H,22,23,25). The van der Waals surface area contributed by atoms with E-state index in [2.05, 4.69) is 15.0 Å². The molecule has 0 saturated carbocycles.